The Hall–Kier alpha value is -2.95. The third-order valence-corrected chi connectivity index (χ3v) is 5.71. The van der Waals surface area contributed by atoms with Crippen molar-refractivity contribution in [3.8, 4) is 11.1 Å². The average Bonchev–Trinajstić information content (AvgIpc) is 2.88. The molecule has 3 aromatic rings. The molecule has 0 aliphatic carbocycles. The van der Waals surface area contributed by atoms with Gasteiger partial charge in [-0.05, 0) is 41.0 Å². The number of halogens is 1. The van der Waals surface area contributed by atoms with Crippen LogP contribution in [0.1, 0.15) is 15.9 Å². The van der Waals surface area contributed by atoms with Crippen LogP contribution in [0.5, 0.6) is 0 Å². The Morgan fingerprint density at radius 1 is 0.909 bits per heavy atom. The molecule has 7 nitrogen and oxygen atoms in total. The maximum Gasteiger partial charge on any atom is 0.324 e. The number of rotatable bonds is 6. The van der Waals surface area contributed by atoms with Gasteiger partial charge in [-0.15, -0.1) is 0 Å². The van der Waals surface area contributed by atoms with E-state index in [0.717, 1.165) is 22.4 Å². The van der Waals surface area contributed by atoms with E-state index in [4.69, 9.17) is 4.74 Å². The molecule has 3 amide bonds. The van der Waals surface area contributed by atoms with Crippen molar-refractivity contribution >= 4 is 40.6 Å². The highest BCUT2D eigenvalue weighted by atomic mass is 127. The van der Waals surface area contributed by atoms with Crippen molar-refractivity contribution < 1.29 is 17.5 Å². The van der Waals surface area contributed by atoms with Crippen LogP contribution in [0.15, 0.2) is 78.9 Å². The van der Waals surface area contributed by atoms with Crippen molar-refractivity contribution in [3.63, 3.8) is 0 Å². The van der Waals surface area contributed by atoms with Crippen LogP contribution >= 0.6 is 23.0 Å². The Morgan fingerprint density at radius 3 is 2.18 bits per heavy atom. The lowest BCUT2D eigenvalue weighted by Crippen LogP contribution is -2.48. The molecule has 0 unspecified atom stereocenters. The fraction of sp³-hybridized carbons (Fsp3) is 0.200. The van der Waals surface area contributed by atoms with Crippen molar-refractivity contribution in [2.45, 2.75) is 6.54 Å². The van der Waals surface area contributed by atoms with Crippen LogP contribution in [0.25, 0.3) is 11.1 Å². The van der Waals surface area contributed by atoms with Gasteiger partial charge in [0.15, 0.2) is 0 Å². The standard InChI is InChI=1S/C25H24IN3O4/c26-33-27-24(30)22-8-6-19(7-9-22)18-29(25(31)28-14-16-32-17-15-28)23-12-10-21(11-13-23)20-4-2-1-3-5-20/h1-13H,14-18H2,(H,27,30). The van der Waals surface area contributed by atoms with Gasteiger partial charge >= 0.3 is 6.03 Å². The lowest BCUT2D eigenvalue weighted by atomic mass is 10.1. The van der Waals surface area contributed by atoms with Gasteiger partial charge < -0.3 is 9.64 Å². The molecule has 0 spiro atoms. The highest BCUT2D eigenvalue weighted by molar-refractivity contribution is 14.1. The number of urea groups is 1. The first-order valence-electron chi connectivity index (χ1n) is 10.6. The molecule has 1 N–H and O–H groups in total. The zero-order valence-electron chi connectivity index (χ0n) is 17.9. The number of nitrogens with zero attached hydrogens (tertiary/aromatic N) is 2. The number of carbonyl (C=O) groups is 2. The number of ether oxygens (including phenoxy) is 1. The van der Waals surface area contributed by atoms with E-state index in [1.165, 1.54) is 0 Å². The molecular weight excluding hydrogens is 533 g/mol. The summed E-state index contributed by atoms with van der Waals surface area (Å²) in [5.74, 6) is -0.325. The zero-order chi connectivity index (χ0) is 23.0. The number of morpholine rings is 1. The summed E-state index contributed by atoms with van der Waals surface area (Å²) in [6.45, 7) is 2.58. The maximum atomic E-state index is 13.4. The van der Waals surface area contributed by atoms with E-state index in [-0.39, 0.29) is 11.9 Å². The molecule has 0 atom stereocenters. The third kappa shape index (κ3) is 5.89. The average molecular weight is 557 g/mol. The van der Waals surface area contributed by atoms with Crippen molar-refractivity contribution in [3.05, 3.63) is 90.0 Å². The monoisotopic (exact) mass is 557 g/mol. The lowest BCUT2D eigenvalue weighted by Gasteiger charge is -2.33. The van der Waals surface area contributed by atoms with Gasteiger partial charge in [0.1, 0.15) is 23.0 Å². The minimum Gasteiger partial charge on any atom is -0.378 e. The summed E-state index contributed by atoms with van der Waals surface area (Å²) in [6.07, 6.45) is 0. The van der Waals surface area contributed by atoms with Gasteiger partial charge in [-0.2, -0.15) is 0 Å². The third-order valence-electron chi connectivity index (χ3n) is 5.49. The van der Waals surface area contributed by atoms with Gasteiger partial charge in [-0.25, -0.2) is 13.4 Å². The molecule has 0 saturated carbocycles. The van der Waals surface area contributed by atoms with Gasteiger partial charge in [-0.1, -0.05) is 54.6 Å². The van der Waals surface area contributed by atoms with Crippen LogP contribution in [0, 0.1) is 0 Å². The van der Waals surface area contributed by atoms with Crippen LogP contribution in [-0.2, 0) is 14.4 Å². The molecule has 0 aromatic heterocycles. The summed E-state index contributed by atoms with van der Waals surface area (Å²) in [7, 11) is 0. The molecule has 0 bridgehead atoms. The van der Waals surface area contributed by atoms with E-state index in [1.54, 1.807) is 40.0 Å². The molecule has 4 rings (SSSR count). The molecule has 1 fully saturated rings. The molecule has 170 valence electrons. The van der Waals surface area contributed by atoms with Gasteiger partial charge in [0.2, 0.25) is 0 Å². The van der Waals surface area contributed by atoms with Crippen molar-refractivity contribution in [2.24, 2.45) is 0 Å². The summed E-state index contributed by atoms with van der Waals surface area (Å²) >= 11 is 1.60. The Labute approximate surface area is 206 Å². The molecule has 33 heavy (non-hydrogen) atoms. The van der Waals surface area contributed by atoms with Crippen molar-refractivity contribution in [2.75, 3.05) is 31.2 Å². The van der Waals surface area contributed by atoms with E-state index in [9.17, 15) is 9.59 Å². The topological polar surface area (TPSA) is 71.1 Å². The predicted octanol–water partition coefficient (Wildman–Crippen LogP) is 4.82. The van der Waals surface area contributed by atoms with Crippen LogP contribution < -0.4 is 10.4 Å². The minimum atomic E-state index is -0.325. The van der Waals surface area contributed by atoms with Gasteiger partial charge in [-0.3, -0.25) is 9.69 Å². The number of hydroxylamine groups is 1. The largest absolute Gasteiger partial charge is 0.378 e. The fourth-order valence-electron chi connectivity index (χ4n) is 3.70. The second kappa shape index (κ2) is 11.3. The molecule has 8 heteroatoms. The number of hydrogen-bond donors (Lipinski definition) is 1. The normalized spacial score (nSPS) is 13.4. The molecule has 1 aliphatic heterocycles. The summed E-state index contributed by atoms with van der Waals surface area (Å²) < 4.78 is 10.1. The van der Waals surface area contributed by atoms with E-state index in [1.807, 2.05) is 59.5 Å². The summed E-state index contributed by atoms with van der Waals surface area (Å²) in [5, 5.41) is 0. The highest BCUT2D eigenvalue weighted by Crippen LogP contribution is 2.25. The lowest BCUT2D eigenvalue weighted by molar-refractivity contribution is 0.0548. The van der Waals surface area contributed by atoms with Crippen LogP contribution in [0.4, 0.5) is 10.5 Å². The molecule has 1 aliphatic rings. The number of hydrogen-bond acceptors (Lipinski definition) is 4. The Bertz CT molecular complexity index is 1070. The van der Waals surface area contributed by atoms with Gasteiger partial charge in [0.05, 0.1) is 19.8 Å². The van der Waals surface area contributed by atoms with E-state index >= 15 is 0 Å². The van der Waals surface area contributed by atoms with E-state index in [2.05, 4.69) is 20.8 Å². The first-order chi connectivity index (χ1) is 16.2. The van der Waals surface area contributed by atoms with Gasteiger partial charge in [0, 0.05) is 24.3 Å². The number of anilines is 1. The van der Waals surface area contributed by atoms with Crippen LogP contribution in [-0.4, -0.2) is 43.1 Å². The number of carbonyl (C=O) groups excluding carboxylic acids is 2. The number of amides is 3. The van der Waals surface area contributed by atoms with Crippen molar-refractivity contribution in [1.29, 1.82) is 0 Å². The van der Waals surface area contributed by atoms with Gasteiger partial charge in [0.25, 0.3) is 5.91 Å². The highest BCUT2D eigenvalue weighted by Gasteiger charge is 2.24. The van der Waals surface area contributed by atoms with E-state index in [0.29, 0.717) is 38.4 Å². The smallest absolute Gasteiger partial charge is 0.324 e. The first-order valence-corrected chi connectivity index (χ1v) is 11.5. The molecule has 1 heterocycles. The Morgan fingerprint density at radius 2 is 1.55 bits per heavy atom. The van der Waals surface area contributed by atoms with E-state index < -0.39 is 0 Å². The molecular formula is C25H24IN3O4. The fourth-order valence-corrected chi connectivity index (χ4v) is 3.90. The minimum absolute atomic E-state index is 0.0640. The Kier molecular flexibility index (Phi) is 7.92. The quantitative estimate of drug-likeness (QED) is 0.349. The number of benzene rings is 3. The molecule has 3 aromatic carbocycles. The first kappa shape index (κ1) is 23.2. The second-order valence-electron chi connectivity index (χ2n) is 7.59. The number of nitrogens with one attached hydrogen (secondary N) is 1. The van der Waals surface area contributed by atoms with Crippen molar-refractivity contribution in [1.82, 2.24) is 10.4 Å². The summed E-state index contributed by atoms with van der Waals surface area (Å²) in [4.78, 5) is 29.0. The molecule has 0 radical (unpaired) electrons. The molecule has 1 saturated heterocycles. The maximum absolute atomic E-state index is 13.4. The zero-order valence-corrected chi connectivity index (χ0v) is 20.1. The second-order valence-corrected chi connectivity index (χ2v) is 8.03. The Balaban J connectivity index is 1.58. The summed E-state index contributed by atoms with van der Waals surface area (Å²) in [6, 6.07) is 25.2. The SMILES string of the molecule is O=C(NOI)c1ccc(CN(C(=O)N2CCOCC2)c2ccc(-c3ccccc3)cc2)cc1. The summed E-state index contributed by atoms with van der Waals surface area (Å²) in [5.41, 5.74) is 6.71. The van der Waals surface area contributed by atoms with Crippen LogP contribution in [0.2, 0.25) is 0 Å². The predicted molar refractivity (Wildman–Crippen MR) is 135 cm³/mol. The van der Waals surface area contributed by atoms with Crippen LogP contribution in [0.3, 0.4) is 0 Å².